The Balaban J connectivity index is 0.00000420. The van der Waals surface area contributed by atoms with Gasteiger partial charge in [0.1, 0.15) is 0 Å². The van der Waals surface area contributed by atoms with Gasteiger partial charge < -0.3 is 15.2 Å². The van der Waals surface area contributed by atoms with E-state index in [4.69, 9.17) is 0 Å². The van der Waals surface area contributed by atoms with E-state index in [0.29, 0.717) is 17.7 Å². The molecule has 0 aliphatic carbocycles. The molecule has 192 valence electrons. The second kappa shape index (κ2) is 14.6. The summed E-state index contributed by atoms with van der Waals surface area (Å²) in [6.45, 7) is 2.00. The van der Waals surface area contributed by atoms with Crippen molar-refractivity contribution in [3.8, 4) is 22.3 Å². The number of thioether (sulfide) groups is 1. The van der Waals surface area contributed by atoms with Gasteiger partial charge >= 0.3 is 18.9 Å². The molecule has 0 saturated heterocycles. The van der Waals surface area contributed by atoms with E-state index >= 15 is 0 Å². The van der Waals surface area contributed by atoms with Gasteiger partial charge in [-0.2, -0.15) is 11.8 Å². The summed E-state index contributed by atoms with van der Waals surface area (Å²) >= 11 is 1.53. The van der Waals surface area contributed by atoms with Gasteiger partial charge in [0.25, 0.3) is 5.91 Å². The molecule has 4 aromatic carbocycles. The second-order valence-electron chi connectivity index (χ2n) is 9.03. The minimum atomic E-state index is -1.28. The van der Waals surface area contributed by atoms with Gasteiger partial charge in [0, 0.05) is 5.56 Å². The number of hydrogen-bond donors (Lipinski definition) is 1. The normalized spacial score (nSPS) is 11.5. The van der Waals surface area contributed by atoms with E-state index in [9.17, 15) is 14.7 Å². The first-order chi connectivity index (χ1) is 18.5. The van der Waals surface area contributed by atoms with Crippen LogP contribution in [0.1, 0.15) is 33.5 Å². The number of nitrogens with one attached hydrogen (secondary N) is 1. The first kappa shape index (κ1) is 30.1. The Morgan fingerprint density at radius 3 is 2.21 bits per heavy atom. The molecule has 0 unspecified atom stereocenters. The van der Waals surface area contributed by atoms with Crippen LogP contribution in [0.25, 0.3) is 34.4 Å². The third-order valence-electron chi connectivity index (χ3n) is 6.42. The molecular weight excluding hydrogens is 497 g/mol. The van der Waals surface area contributed by atoms with Crippen molar-refractivity contribution < 1.29 is 33.6 Å². The smallest absolute Gasteiger partial charge is 0.548 e. The van der Waals surface area contributed by atoms with Crippen molar-refractivity contribution in [2.75, 3.05) is 12.0 Å². The molecule has 4 nitrogen and oxygen atoms in total. The van der Waals surface area contributed by atoms with Gasteiger partial charge in [-0.1, -0.05) is 97.1 Å². The maximum atomic E-state index is 13.3. The Kier molecular flexibility index (Phi) is 11.3. The van der Waals surface area contributed by atoms with Crippen molar-refractivity contribution in [2.24, 2.45) is 0 Å². The van der Waals surface area contributed by atoms with Gasteiger partial charge in [0.15, 0.2) is 0 Å². The minimum absolute atomic E-state index is 0. The molecule has 1 N–H and O–H groups in total. The van der Waals surface area contributed by atoms with Crippen LogP contribution >= 0.6 is 11.8 Å². The molecule has 0 heterocycles. The SMILES string of the molecule is CSCC[C@H](NC(=O)c1ccc(/C=C/c2ccccc2-c2ccccc2)cc1-c1ccccc1C)C(=O)[O-].[Li+]. The van der Waals surface area contributed by atoms with Gasteiger partial charge in [-0.05, 0) is 76.4 Å². The van der Waals surface area contributed by atoms with Crippen LogP contribution in [0.3, 0.4) is 0 Å². The molecule has 1 atom stereocenters. The van der Waals surface area contributed by atoms with E-state index in [1.54, 1.807) is 6.07 Å². The fourth-order valence-electron chi connectivity index (χ4n) is 4.39. The molecule has 0 aromatic heterocycles. The number of aliphatic carboxylic acids is 1. The van der Waals surface area contributed by atoms with Gasteiger partial charge in [-0.15, -0.1) is 0 Å². The van der Waals surface area contributed by atoms with E-state index in [2.05, 4.69) is 35.7 Å². The zero-order chi connectivity index (χ0) is 26.9. The number of rotatable bonds is 10. The zero-order valence-corrected chi connectivity index (χ0v) is 23.3. The number of carbonyl (C=O) groups is 2. The summed E-state index contributed by atoms with van der Waals surface area (Å²) in [7, 11) is 0. The summed E-state index contributed by atoms with van der Waals surface area (Å²) in [6.07, 6.45) is 6.31. The summed E-state index contributed by atoms with van der Waals surface area (Å²) in [5.41, 5.74) is 7.42. The molecule has 0 fully saturated rings. The number of benzene rings is 4. The van der Waals surface area contributed by atoms with Gasteiger partial charge in [-0.25, -0.2) is 0 Å². The number of carboxylic acid groups (broad SMARTS) is 1. The molecule has 39 heavy (non-hydrogen) atoms. The van der Waals surface area contributed by atoms with Crippen LogP contribution in [0.2, 0.25) is 0 Å². The largest absolute Gasteiger partial charge is 1.00 e. The predicted octanol–water partition coefficient (Wildman–Crippen LogP) is 3.10. The average molecular weight is 528 g/mol. The van der Waals surface area contributed by atoms with E-state index < -0.39 is 17.9 Å². The van der Waals surface area contributed by atoms with Gasteiger partial charge in [0.2, 0.25) is 0 Å². The zero-order valence-electron chi connectivity index (χ0n) is 22.5. The van der Waals surface area contributed by atoms with Crippen molar-refractivity contribution in [1.82, 2.24) is 5.32 Å². The van der Waals surface area contributed by atoms with E-state index in [-0.39, 0.29) is 18.9 Å². The molecule has 4 aromatic rings. The Morgan fingerprint density at radius 1 is 0.846 bits per heavy atom. The Bertz CT molecular complexity index is 1450. The molecule has 0 radical (unpaired) electrons. The first-order valence-corrected chi connectivity index (χ1v) is 13.9. The second-order valence-corrected chi connectivity index (χ2v) is 10.0. The quantitative estimate of drug-likeness (QED) is 0.254. The average Bonchev–Trinajstić information content (AvgIpc) is 2.94. The summed E-state index contributed by atoms with van der Waals surface area (Å²) in [4.78, 5) is 24.9. The van der Waals surface area contributed by atoms with Crippen LogP contribution in [0.4, 0.5) is 0 Å². The van der Waals surface area contributed by atoms with Crippen LogP contribution in [0.15, 0.2) is 97.1 Å². The summed E-state index contributed by atoms with van der Waals surface area (Å²) in [5, 5.41) is 14.3. The third-order valence-corrected chi connectivity index (χ3v) is 7.07. The van der Waals surface area contributed by atoms with Crippen molar-refractivity contribution in [1.29, 1.82) is 0 Å². The summed E-state index contributed by atoms with van der Waals surface area (Å²) in [6, 6.07) is 30.9. The molecule has 0 aliphatic rings. The standard InChI is InChI=1S/C33H31NO3S.Li/c1-23-10-6-8-14-27(23)30-22-24(17-19-29(30)32(35)34-31(33(36)37)20-21-38-2)16-18-26-13-7-9-15-28(26)25-11-4-3-5-12-25;/h3-19,22,31H,20-21H2,1-2H3,(H,34,35)(H,36,37);/q;+1/p-1/b18-16+;/t31-;/m0./s1. The van der Waals surface area contributed by atoms with Crippen molar-refractivity contribution in [2.45, 2.75) is 19.4 Å². The van der Waals surface area contributed by atoms with E-state index in [1.807, 2.05) is 86.0 Å². The van der Waals surface area contributed by atoms with E-state index in [1.165, 1.54) is 11.8 Å². The van der Waals surface area contributed by atoms with Crippen LogP contribution in [-0.4, -0.2) is 29.9 Å². The molecule has 0 saturated carbocycles. The maximum absolute atomic E-state index is 13.3. The summed E-state index contributed by atoms with van der Waals surface area (Å²) in [5.74, 6) is -1.09. The predicted molar refractivity (Wildman–Crippen MR) is 157 cm³/mol. The van der Waals surface area contributed by atoms with Gasteiger partial charge in [-0.3, -0.25) is 4.79 Å². The fourth-order valence-corrected chi connectivity index (χ4v) is 4.86. The molecular formula is C33H30LiNO3S. The Morgan fingerprint density at radius 2 is 1.51 bits per heavy atom. The molecule has 0 aliphatic heterocycles. The van der Waals surface area contributed by atoms with Crippen LogP contribution < -0.4 is 29.3 Å². The number of carboxylic acids is 1. The van der Waals surface area contributed by atoms with E-state index in [0.717, 1.165) is 38.9 Å². The third kappa shape index (κ3) is 7.77. The van der Waals surface area contributed by atoms with Crippen molar-refractivity contribution >= 4 is 35.8 Å². The van der Waals surface area contributed by atoms with Crippen LogP contribution in [-0.2, 0) is 4.79 Å². The number of aryl methyl sites for hydroxylation is 1. The minimum Gasteiger partial charge on any atom is -0.548 e. The fraction of sp³-hybridized carbons (Fsp3) is 0.152. The Hall–Kier alpha value is -3.49. The van der Waals surface area contributed by atoms with Crippen LogP contribution in [0, 0.1) is 6.92 Å². The molecule has 4 rings (SSSR count). The van der Waals surface area contributed by atoms with Gasteiger partial charge in [0.05, 0.1) is 12.0 Å². The maximum Gasteiger partial charge on any atom is 1.00 e. The monoisotopic (exact) mass is 527 g/mol. The van der Waals surface area contributed by atoms with Crippen molar-refractivity contribution in [3.05, 3.63) is 119 Å². The molecule has 6 heteroatoms. The summed E-state index contributed by atoms with van der Waals surface area (Å²) < 4.78 is 0. The first-order valence-electron chi connectivity index (χ1n) is 12.5. The number of amides is 1. The molecule has 0 spiro atoms. The molecule has 0 bridgehead atoms. The molecule has 1 amide bonds. The van der Waals surface area contributed by atoms with Crippen molar-refractivity contribution in [3.63, 3.8) is 0 Å². The number of carbonyl (C=O) groups excluding carboxylic acids is 2. The Labute approximate surface area is 246 Å². The van der Waals surface area contributed by atoms with Crippen LogP contribution in [0.5, 0.6) is 0 Å². The topological polar surface area (TPSA) is 69.2 Å². The number of hydrogen-bond acceptors (Lipinski definition) is 4.